The van der Waals surface area contributed by atoms with Crippen molar-refractivity contribution in [1.82, 2.24) is 0 Å². The van der Waals surface area contributed by atoms with E-state index in [0.717, 1.165) is 26.7 Å². The summed E-state index contributed by atoms with van der Waals surface area (Å²) in [6.45, 7) is 1.40. The highest BCUT2D eigenvalue weighted by atomic mass is 79.9. The third-order valence-corrected chi connectivity index (χ3v) is 6.31. The van der Waals surface area contributed by atoms with Crippen molar-refractivity contribution in [2.24, 2.45) is 0 Å². The number of rotatable bonds is 2. The van der Waals surface area contributed by atoms with E-state index in [4.69, 9.17) is 9.47 Å². The Kier molecular flexibility index (Phi) is 4.63. The van der Waals surface area contributed by atoms with Crippen molar-refractivity contribution in [3.05, 3.63) is 86.3 Å². The molecule has 2 aliphatic rings. The molecule has 0 aromatic heterocycles. The molecule has 0 saturated heterocycles. The molecule has 2 atom stereocenters. The second-order valence-corrected chi connectivity index (χ2v) is 9.05. The first-order chi connectivity index (χ1) is 14.0. The molecule has 3 aromatic rings. The number of esters is 1. The Balaban J connectivity index is 1.60. The summed E-state index contributed by atoms with van der Waals surface area (Å²) in [7, 11) is 0. The van der Waals surface area contributed by atoms with Crippen molar-refractivity contribution in [2.45, 2.75) is 25.6 Å². The van der Waals surface area contributed by atoms with Gasteiger partial charge in [-0.25, -0.2) is 0 Å². The zero-order chi connectivity index (χ0) is 20.1. The average Bonchev–Trinajstić information content (AvgIpc) is 3.05. The molecule has 0 amide bonds. The van der Waals surface area contributed by atoms with Crippen molar-refractivity contribution < 1.29 is 14.3 Å². The highest BCUT2D eigenvalue weighted by Crippen LogP contribution is 2.52. The molecule has 0 bridgehead atoms. The smallest absolute Gasteiger partial charge is 0.308 e. The van der Waals surface area contributed by atoms with Crippen LogP contribution in [0.25, 0.3) is 0 Å². The number of hydrogen-bond donors (Lipinski definition) is 0. The number of carbonyl (C=O) groups is 1. The molecule has 5 rings (SSSR count). The maximum Gasteiger partial charge on any atom is 0.308 e. The summed E-state index contributed by atoms with van der Waals surface area (Å²) < 4.78 is 13.7. The molecule has 0 saturated carbocycles. The summed E-state index contributed by atoms with van der Waals surface area (Å²) in [5, 5.41) is 0. The van der Waals surface area contributed by atoms with Crippen molar-refractivity contribution in [1.29, 1.82) is 0 Å². The third-order valence-electron chi connectivity index (χ3n) is 5.32. The zero-order valence-corrected chi connectivity index (χ0v) is 18.7. The van der Waals surface area contributed by atoms with Gasteiger partial charge in [-0.05, 0) is 66.6 Å². The minimum Gasteiger partial charge on any atom is -0.466 e. The summed E-state index contributed by atoms with van der Waals surface area (Å²) in [5.74, 6) is 1.09. The van der Waals surface area contributed by atoms with Gasteiger partial charge in [-0.2, -0.15) is 0 Å². The molecular formula is C23H17Br2NO3. The molecule has 2 unspecified atom stereocenters. The first-order valence-electron chi connectivity index (χ1n) is 9.31. The van der Waals surface area contributed by atoms with Gasteiger partial charge in [0.15, 0.2) is 6.23 Å². The second-order valence-electron chi connectivity index (χ2n) is 7.22. The lowest BCUT2D eigenvalue weighted by Gasteiger charge is -2.41. The van der Waals surface area contributed by atoms with Crippen LogP contribution < -0.4 is 14.4 Å². The monoisotopic (exact) mass is 513 g/mol. The second kappa shape index (κ2) is 7.18. The Hall–Kier alpha value is -2.31. The maximum absolute atomic E-state index is 11.2. The van der Waals surface area contributed by atoms with Crippen LogP contribution in [0.3, 0.4) is 0 Å². The van der Waals surface area contributed by atoms with Gasteiger partial charge in [-0.1, -0.05) is 37.9 Å². The van der Waals surface area contributed by atoms with Gasteiger partial charge in [0.1, 0.15) is 11.5 Å². The van der Waals surface area contributed by atoms with E-state index in [0.29, 0.717) is 5.75 Å². The van der Waals surface area contributed by atoms with Crippen LogP contribution >= 0.6 is 31.9 Å². The zero-order valence-electron chi connectivity index (χ0n) is 15.6. The number of halogens is 2. The topological polar surface area (TPSA) is 38.8 Å². The maximum atomic E-state index is 11.2. The lowest BCUT2D eigenvalue weighted by Crippen LogP contribution is -2.37. The fourth-order valence-electron chi connectivity index (χ4n) is 4.15. The summed E-state index contributed by atoms with van der Waals surface area (Å²) in [4.78, 5) is 13.6. The molecule has 0 N–H and O–H groups in total. The predicted molar refractivity (Wildman–Crippen MR) is 118 cm³/mol. The van der Waals surface area contributed by atoms with Gasteiger partial charge < -0.3 is 14.4 Å². The summed E-state index contributed by atoms with van der Waals surface area (Å²) in [6.07, 6.45) is 0.657. The van der Waals surface area contributed by atoms with Crippen LogP contribution in [-0.4, -0.2) is 5.97 Å². The van der Waals surface area contributed by atoms with Gasteiger partial charge in [0.25, 0.3) is 0 Å². The Labute approximate surface area is 185 Å². The minimum absolute atomic E-state index is 0.203. The van der Waals surface area contributed by atoms with Crippen LogP contribution in [0.5, 0.6) is 11.5 Å². The van der Waals surface area contributed by atoms with Crippen LogP contribution in [0.15, 0.2) is 69.6 Å². The highest BCUT2D eigenvalue weighted by Gasteiger charge is 2.42. The number of fused-ring (bicyclic) bond motifs is 5. The minimum atomic E-state index is -0.329. The number of carbonyl (C=O) groups excluding carboxylic acids is 1. The Morgan fingerprint density at radius 2 is 1.76 bits per heavy atom. The third kappa shape index (κ3) is 3.34. The summed E-state index contributed by atoms with van der Waals surface area (Å²) in [6, 6.07) is 20.4. The Bertz CT molecular complexity index is 1110. The van der Waals surface area contributed by atoms with Gasteiger partial charge in [0.05, 0.1) is 6.04 Å². The quantitative estimate of drug-likeness (QED) is 0.296. The van der Waals surface area contributed by atoms with Gasteiger partial charge in [-0.3, -0.25) is 4.79 Å². The molecule has 29 heavy (non-hydrogen) atoms. The van der Waals surface area contributed by atoms with Gasteiger partial charge in [0, 0.05) is 32.7 Å². The van der Waals surface area contributed by atoms with Crippen molar-refractivity contribution in [3.8, 4) is 11.5 Å². The molecule has 0 radical (unpaired) electrons. The van der Waals surface area contributed by atoms with Crippen LogP contribution in [-0.2, 0) is 11.2 Å². The first-order valence-corrected chi connectivity index (χ1v) is 10.9. The molecule has 0 aliphatic carbocycles. The van der Waals surface area contributed by atoms with Crippen LogP contribution in [0.4, 0.5) is 5.69 Å². The van der Waals surface area contributed by atoms with E-state index in [-0.39, 0.29) is 18.2 Å². The standard InChI is InChI=1S/C23H17Br2NO3/c1-13(27)28-18-6-2-14(3-7-18)23-26-20-9-5-16(24)10-15(20)11-21(26)19-8-4-17(25)12-22(19)29-23/h2-10,12,21,23H,11H2,1H3. The molecule has 146 valence electrons. The number of nitrogens with zero attached hydrogens (tertiary/aromatic N) is 1. The van der Waals surface area contributed by atoms with Gasteiger partial charge >= 0.3 is 5.97 Å². The van der Waals surface area contributed by atoms with Crippen LogP contribution in [0.1, 0.15) is 35.9 Å². The average molecular weight is 515 g/mol. The predicted octanol–water partition coefficient (Wildman–Crippen LogP) is 6.33. The van der Waals surface area contributed by atoms with Crippen molar-refractivity contribution >= 4 is 43.5 Å². The molecule has 0 spiro atoms. The lowest BCUT2D eigenvalue weighted by atomic mass is 9.99. The van der Waals surface area contributed by atoms with E-state index in [9.17, 15) is 4.79 Å². The Morgan fingerprint density at radius 3 is 2.52 bits per heavy atom. The fraction of sp³-hybridized carbons (Fsp3) is 0.174. The number of benzene rings is 3. The molecule has 0 fully saturated rings. The Morgan fingerprint density at radius 1 is 1.03 bits per heavy atom. The van der Waals surface area contributed by atoms with Gasteiger partial charge in [0.2, 0.25) is 0 Å². The first kappa shape index (κ1) is 18.7. The van der Waals surface area contributed by atoms with E-state index < -0.39 is 0 Å². The number of hydrogen-bond acceptors (Lipinski definition) is 4. The van der Waals surface area contributed by atoms with E-state index in [1.54, 1.807) is 0 Å². The van der Waals surface area contributed by atoms with Crippen LogP contribution in [0, 0.1) is 0 Å². The molecule has 6 heteroatoms. The molecule has 3 aromatic carbocycles. The molecular weight excluding hydrogens is 498 g/mol. The van der Waals surface area contributed by atoms with E-state index in [2.05, 4.69) is 67.1 Å². The molecule has 2 heterocycles. The number of anilines is 1. The van der Waals surface area contributed by atoms with E-state index in [1.807, 2.05) is 30.3 Å². The lowest BCUT2D eigenvalue weighted by molar-refractivity contribution is -0.131. The highest BCUT2D eigenvalue weighted by molar-refractivity contribution is 9.10. The van der Waals surface area contributed by atoms with Crippen molar-refractivity contribution in [2.75, 3.05) is 4.90 Å². The number of ether oxygens (including phenoxy) is 2. The molecule has 2 aliphatic heterocycles. The van der Waals surface area contributed by atoms with E-state index in [1.165, 1.54) is 23.7 Å². The van der Waals surface area contributed by atoms with E-state index >= 15 is 0 Å². The van der Waals surface area contributed by atoms with Crippen molar-refractivity contribution in [3.63, 3.8) is 0 Å². The summed E-state index contributed by atoms with van der Waals surface area (Å²) >= 11 is 7.16. The summed E-state index contributed by atoms with van der Waals surface area (Å²) in [5.41, 5.74) is 4.67. The fourth-order valence-corrected chi connectivity index (χ4v) is 4.90. The van der Waals surface area contributed by atoms with Gasteiger partial charge in [-0.15, -0.1) is 0 Å². The van der Waals surface area contributed by atoms with Crippen LogP contribution in [0.2, 0.25) is 0 Å². The SMILES string of the molecule is CC(=O)Oc1ccc(C2Oc3cc(Br)ccc3C3Cc4cc(Br)ccc4N32)cc1. The molecule has 4 nitrogen and oxygen atoms in total. The largest absolute Gasteiger partial charge is 0.466 e. The normalized spacial score (nSPS) is 19.1.